The van der Waals surface area contributed by atoms with E-state index in [0.717, 1.165) is 0 Å². The minimum atomic E-state index is -0.993. The van der Waals surface area contributed by atoms with Gasteiger partial charge in [-0.1, -0.05) is 18.2 Å². The van der Waals surface area contributed by atoms with Crippen molar-refractivity contribution in [3.63, 3.8) is 0 Å². The lowest BCUT2D eigenvalue weighted by Crippen LogP contribution is -2.02. The van der Waals surface area contributed by atoms with Crippen LogP contribution in [-0.2, 0) is 6.54 Å². The van der Waals surface area contributed by atoms with Crippen LogP contribution in [0.3, 0.4) is 0 Å². The Bertz CT molecular complexity index is 814. The Morgan fingerprint density at radius 2 is 2.10 bits per heavy atom. The standard InChI is InChI=1S/C15H12FN3O2/c16-11-4-2-1-3-10(11)8-17-15-18-12-6-5-9(14(20)21)7-13(12)19-15/h1-7H,8H2,(H,20,21)(H2,17,18,19). The zero-order chi connectivity index (χ0) is 14.8. The van der Waals surface area contributed by atoms with Crippen molar-refractivity contribution in [2.24, 2.45) is 0 Å². The summed E-state index contributed by atoms with van der Waals surface area (Å²) in [6.45, 7) is 0.290. The molecule has 0 bridgehead atoms. The number of fused-ring (bicyclic) bond motifs is 1. The molecule has 0 spiro atoms. The van der Waals surface area contributed by atoms with E-state index < -0.39 is 5.97 Å². The first-order chi connectivity index (χ1) is 10.1. The number of hydrogen-bond donors (Lipinski definition) is 3. The van der Waals surface area contributed by atoms with Crippen molar-refractivity contribution in [2.45, 2.75) is 6.54 Å². The van der Waals surface area contributed by atoms with Crippen molar-refractivity contribution in [3.05, 3.63) is 59.4 Å². The molecule has 0 unspecified atom stereocenters. The summed E-state index contributed by atoms with van der Waals surface area (Å²) in [5.41, 5.74) is 1.98. The fraction of sp³-hybridized carbons (Fsp3) is 0.0667. The molecule has 0 amide bonds. The van der Waals surface area contributed by atoms with Crippen LogP contribution in [0.4, 0.5) is 10.3 Å². The van der Waals surface area contributed by atoms with Gasteiger partial charge in [0.15, 0.2) is 0 Å². The average molecular weight is 285 g/mol. The molecule has 5 nitrogen and oxygen atoms in total. The molecule has 1 heterocycles. The summed E-state index contributed by atoms with van der Waals surface area (Å²) < 4.78 is 13.5. The number of halogens is 1. The molecule has 1 aromatic heterocycles. The van der Waals surface area contributed by atoms with Crippen LogP contribution in [0.15, 0.2) is 42.5 Å². The van der Waals surface area contributed by atoms with Gasteiger partial charge in [0, 0.05) is 12.1 Å². The van der Waals surface area contributed by atoms with Crippen molar-refractivity contribution in [2.75, 3.05) is 5.32 Å². The van der Waals surface area contributed by atoms with E-state index in [4.69, 9.17) is 5.11 Å². The molecular weight excluding hydrogens is 273 g/mol. The van der Waals surface area contributed by atoms with Crippen LogP contribution in [0, 0.1) is 5.82 Å². The molecular formula is C15H12FN3O2. The fourth-order valence-corrected chi connectivity index (χ4v) is 2.05. The largest absolute Gasteiger partial charge is 0.478 e. The highest BCUT2D eigenvalue weighted by Gasteiger charge is 2.08. The first-order valence-electron chi connectivity index (χ1n) is 6.34. The van der Waals surface area contributed by atoms with E-state index in [2.05, 4.69) is 15.3 Å². The van der Waals surface area contributed by atoms with E-state index in [1.54, 1.807) is 24.3 Å². The number of aromatic nitrogens is 2. The van der Waals surface area contributed by atoms with Gasteiger partial charge in [-0.3, -0.25) is 0 Å². The van der Waals surface area contributed by atoms with E-state index in [-0.39, 0.29) is 17.9 Å². The first-order valence-corrected chi connectivity index (χ1v) is 6.34. The minimum Gasteiger partial charge on any atom is -0.478 e. The van der Waals surface area contributed by atoms with Crippen molar-refractivity contribution in [3.8, 4) is 0 Å². The van der Waals surface area contributed by atoms with Crippen LogP contribution in [0.25, 0.3) is 11.0 Å². The topological polar surface area (TPSA) is 78.0 Å². The molecule has 0 aliphatic rings. The molecule has 0 saturated carbocycles. The van der Waals surface area contributed by atoms with Gasteiger partial charge in [-0.25, -0.2) is 14.2 Å². The molecule has 2 aromatic carbocycles. The number of H-pyrrole nitrogens is 1. The molecule has 0 aliphatic heterocycles. The number of benzene rings is 2. The first kappa shape index (κ1) is 13.1. The van der Waals surface area contributed by atoms with Crippen molar-refractivity contribution >= 4 is 23.0 Å². The maximum absolute atomic E-state index is 13.5. The molecule has 3 N–H and O–H groups in total. The van der Waals surface area contributed by atoms with Gasteiger partial charge in [-0.15, -0.1) is 0 Å². The number of nitrogens with zero attached hydrogens (tertiary/aromatic N) is 1. The van der Waals surface area contributed by atoms with Crippen LogP contribution >= 0.6 is 0 Å². The summed E-state index contributed by atoms with van der Waals surface area (Å²) in [6, 6.07) is 11.1. The smallest absolute Gasteiger partial charge is 0.335 e. The molecule has 3 rings (SSSR count). The maximum Gasteiger partial charge on any atom is 0.335 e. The molecule has 0 radical (unpaired) electrons. The highest BCUT2D eigenvalue weighted by atomic mass is 19.1. The lowest BCUT2D eigenvalue weighted by Gasteiger charge is -2.03. The summed E-state index contributed by atoms with van der Waals surface area (Å²) in [7, 11) is 0. The number of carboxylic acids is 1. The van der Waals surface area contributed by atoms with E-state index in [0.29, 0.717) is 22.5 Å². The minimum absolute atomic E-state index is 0.187. The Kier molecular flexibility index (Phi) is 3.27. The number of carboxylic acid groups (broad SMARTS) is 1. The van der Waals surface area contributed by atoms with Gasteiger partial charge >= 0.3 is 5.97 Å². The van der Waals surface area contributed by atoms with Crippen LogP contribution in [0.2, 0.25) is 0 Å². The van der Waals surface area contributed by atoms with Gasteiger partial charge in [-0.2, -0.15) is 0 Å². The highest BCUT2D eigenvalue weighted by molar-refractivity contribution is 5.92. The van der Waals surface area contributed by atoms with Crippen LogP contribution in [-0.4, -0.2) is 21.0 Å². The number of rotatable bonds is 4. The maximum atomic E-state index is 13.5. The normalized spacial score (nSPS) is 10.7. The number of aromatic carboxylic acids is 1. The Morgan fingerprint density at radius 1 is 1.29 bits per heavy atom. The second-order valence-corrected chi connectivity index (χ2v) is 4.57. The Balaban J connectivity index is 1.82. The molecule has 0 aliphatic carbocycles. The van der Waals surface area contributed by atoms with Gasteiger partial charge in [0.25, 0.3) is 0 Å². The van der Waals surface area contributed by atoms with Crippen molar-refractivity contribution in [1.82, 2.24) is 9.97 Å². The van der Waals surface area contributed by atoms with Crippen LogP contribution in [0.5, 0.6) is 0 Å². The van der Waals surface area contributed by atoms with Gasteiger partial charge in [-0.05, 0) is 24.3 Å². The monoisotopic (exact) mass is 285 g/mol. The highest BCUT2D eigenvalue weighted by Crippen LogP contribution is 2.17. The lowest BCUT2D eigenvalue weighted by atomic mass is 10.2. The number of anilines is 1. The number of carbonyl (C=O) groups is 1. The summed E-state index contributed by atoms with van der Waals surface area (Å²) in [5.74, 6) is -0.808. The zero-order valence-electron chi connectivity index (χ0n) is 10.9. The molecule has 6 heteroatoms. The molecule has 3 aromatic rings. The Morgan fingerprint density at radius 3 is 2.86 bits per heavy atom. The Labute approximate surface area is 119 Å². The SMILES string of the molecule is O=C(O)c1ccc2nc(NCc3ccccc3F)[nH]c2c1. The second kappa shape index (κ2) is 5.24. The number of aromatic amines is 1. The van der Waals surface area contributed by atoms with Crippen LogP contribution in [0.1, 0.15) is 15.9 Å². The van der Waals surface area contributed by atoms with E-state index in [9.17, 15) is 9.18 Å². The Hall–Kier alpha value is -2.89. The number of imidazole rings is 1. The third-order valence-corrected chi connectivity index (χ3v) is 3.13. The molecule has 0 fully saturated rings. The summed E-state index contributed by atoms with van der Waals surface area (Å²) >= 11 is 0. The third kappa shape index (κ3) is 2.69. The van der Waals surface area contributed by atoms with E-state index >= 15 is 0 Å². The lowest BCUT2D eigenvalue weighted by molar-refractivity contribution is 0.0697. The average Bonchev–Trinajstić information content (AvgIpc) is 2.88. The van der Waals surface area contributed by atoms with E-state index in [1.807, 2.05) is 0 Å². The van der Waals surface area contributed by atoms with Crippen LogP contribution < -0.4 is 5.32 Å². The third-order valence-electron chi connectivity index (χ3n) is 3.13. The zero-order valence-corrected chi connectivity index (χ0v) is 10.9. The van der Waals surface area contributed by atoms with Gasteiger partial charge in [0.1, 0.15) is 5.82 Å². The number of hydrogen-bond acceptors (Lipinski definition) is 3. The number of nitrogens with one attached hydrogen (secondary N) is 2. The molecule has 21 heavy (non-hydrogen) atoms. The fourth-order valence-electron chi connectivity index (χ4n) is 2.05. The summed E-state index contributed by atoms with van der Waals surface area (Å²) in [4.78, 5) is 18.2. The molecule has 0 atom stereocenters. The predicted molar refractivity (Wildman–Crippen MR) is 76.8 cm³/mol. The van der Waals surface area contributed by atoms with Crippen molar-refractivity contribution in [1.29, 1.82) is 0 Å². The quantitative estimate of drug-likeness (QED) is 0.688. The van der Waals surface area contributed by atoms with E-state index in [1.165, 1.54) is 18.2 Å². The van der Waals surface area contributed by atoms with Crippen molar-refractivity contribution < 1.29 is 14.3 Å². The molecule has 106 valence electrons. The van der Waals surface area contributed by atoms with Gasteiger partial charge in [0.2, 0.25) is 5.95 Å². The van der Waals surface area contributed by atoms with Gasteiger partial charge in [0.05, 0.1) is 16.6 Å². The predicted octanol–water partition coefficient (Wildman–Crippen LogP) is 3.01. The second-order valence-electron chi connectivity index (χ2n) is 4.57. The molecule has 0 saturated heterocycles. The van der Waals surface area contributed by atoms with Gasteiger partial charge < -0.3 is 15.4 Å². The summed E-state index contributed by atoms with van der Waals surface area (Å²) in [6.07, 6.45) is 0. The summed E-state index contributed by atoms with van der Waals surface area (Å²) in [5, 5.41) is 11.9.